The normalized spacial score (nSPS) is 23.3. The molecule has 1 fully saturated rings. The molecule has 2 N–H and O–H groups in total. The van der Waals surface area contributed by atoms with Crippen molar-refractivity contribution in [2.45, 2.75) is 38.4 Å². The zero-order valence-electron chi connectivity index (χ0n) is 11.6. The maximum absolute atomic E-state index is 12.0. The van der Waals surface area contributed by atoms with Gasteiger partial charge in [0.15, 0.2) is 0 Å². The summed E-state index contributed by atoms with van der Waals surface area (Å²) >= 11 is 0. The van der Waals surface area contributed by atoms with Crippen LogP contribution in [0.1, 0.15) is 31.5 Å². The van der Waals surface area contributed by atoms with Gasteiger partial charge in [-0.25, -0.2) is 4.98 Å². The molecule has 1 aromatic heterocycles. The Hall–Kier alpha value is -1.40. The number of hydrogen-bond donors (Lipinski definition) is 1. The Kier molecular flexibility index (Phi) is 4.55. The molecule has 0 bridgehead atoms. The van der Waals surface area contributed by atoms with E-state index in [1.165, 1.54) is 0 Å². The summed E-state index contributed by atoms with van der Waals surface area (Å²) in [6.07, 6.45) is 5.05. The van der Waals surface area contributed by atoms with Gasteiger partial charge in [0, 0.05) is 32.7 Å². The van der Waals surface area contributed by atoms with E-state index in [4.69, 9.17) is 10.5 Å². The summed E-state index contributed by atoms with van der Waals surface area (Å²) in [5, 5.41) is 0. The molecular formula is C13H22N4O2. The van der Waals surface area contributed by atoms with Gasteiger partial charge < -0.3 is 19.9 Å². The predicted molar refractivity (Wildman–Crippen MR) is 71.4 cm³/mol. The molecular weight excluding hydrogens is 244 g/mol. The quantitative estimate of drug-likeness (QED) is 0.815. The Labute approximate surface area is 113 Å². The first-order chi connectivity index (χ1) is 9.19. The van der Waals surface area contributed by atoms with Gasteiger partial charge in [0.1, 0.15) is 0 Å². The number of hydrogen-bond acceptors (Lipinski definition) is 4. The summed E-state index contributed by atoms with van der Waals surface area (Å²) in [4.78, 5) is 18.0. The molecule has 6 nitrogen and oxygen atoms in total. The van der Waals surface area contributed by atoms with E-state index in [0.717, 1.165) is 18.7 Å². The van der Waals surface area contributed by atoms with Crippen LogP contribution in [0.25, 0.3) is 0 Å². The lowest BCUT2D eigenvalue weighted by Gasteiger charge is -2.27. The number of aryl methyl sites for hydroxylation is 1. The molecule has 2 unspecified atom stereocenters. The standard InChI is InChI=1S/C13H22N4O2/c1-3-4-16-9-15-8-11(16)13-10(14)7-12(18)17(13)5-6-19-2/h8-10,13H,3-7,14H2,1-2H3. The van der Waals surface area contributed by atoms with Crippen LogP contribution in [0, 0.1) is 0 Å². The van der Waals surface area contributed by atoms with Gasteiger partial charge >= 0.3 is 0 Å². The third-order valence-corrected chi connectivity index (χ3v) is 3.52. The van der Waals surface area contributed by atoms with E-state index in [-0.39, 0.29) is 18.0 Å². The zero-order valence-corrected chi connectivity index (χ0v) is 11.6. The van der Waals surface area contributed by atoms with Crippen molar-refractivity contribution in [2.24, 2.45) is 5.73 Å². The molecule has 6 heteroatoms. The number of imidazole rings is 1. The number of rotatable bonds is 6. The van der Waals surface area contributed by atoms with Crippen molar-refractivity contribution < 1.29 is 9.53 Å². The highest BCUT2D eigenvalue weighted by Crippen LogP contribution is 2.31. The van der Waals surface area contributed by atoms with Gasteiger partial charge in [-0.1, -0.05) is 6.92 Å². The molecule has 1 aliphatic rings. The summed E-state index contributed by atoms with van der Waals surface area (Å²) in [6, 6.07) is -0.256. The summed E-state index contributed by atoms with van der Waals surface area (Å²) in [5.74, 6) is 0.0961. The Morgan fingerprint density at radius 2 is 2.32 bits per heavy atom. The van der Waals surface area contributed by atoms with E-state index in [2.05, 4.69) is 16.5 Å². The van der Waals surface area contributed by atoms with Gasteiger partial charge in [0.2, 0.25) is 5.91 Å². The van der Waals surface area contributed by atoms with E-state index in [0.29, 0.717) is 19.6 Å². The number of ether oxygens (including phenoxy) is 1. The van der Waals surface area contributed by atoms with Crippen LogP contribution in [-0.2, 0) is 16.1 Å². The summed E-state index contributed by atoms with van der Waals surface area (Å²) < 4.78 is 7.16. The summed E-state index contributed by atoms with van der Waals surface area (Å²) in [5.41, 5.74) is 7.17. The summed E-state index contributed by atoms with van der Waals surface area (Å²) in [6.45, 7) is 4.11. The third-order valence-electron chi connectivity index (χ3n) is 3.52. The van der Waals surface area contributed by atoms with E-state index in [1.54, 1.807) is 7.11 Å². The van der Waals surface area contributed by atoms with Crippen LogP contribution in [0.2, 0.25) is 0 Å². The first-order valence-electron chi connectivity index (χ1n) is 6.73. The first-order valence-corrected chi connectivity index (χ1v) is 6.73. The first kappa shape index (κ1) is 14.0. The number of methoxy groups -OCH3 is 1. The largest absolute Gasteiger partial charge is 0.383 e. The fourth-order valence-electron chi connectivity index (χ4n) is 2.65. The van der Waals surface area contributed by atoms with Crippen LogP contribution in [0.4, 0.5) is 0 Å². The summed E-state index contributed by atoms with van der Waals surface area (Å²) in [7, 11) is 1.64. The van der Waals surface area contributed by atoms with Gasteiger partial charge in [0.05, 0.1) is 30.9 Å². The minimum atomic E-state index is -0.170. The average molecular weight is 266 g/mol. The molecule has 1 aromatic rings. The molecule has 1 amide bonds. The molecule has 1 saturated heterocycles. The molecule has 2 atom stereocenters. The van der Waals surface area contributed by atoms with Crippen LogP contribution >= 0.6 is 0 Å². The van der Waals surface area contributed by atoms with Crippen LogP contribution in [0.15, 0.2) is 12.5 Å². The number of carbonyl (C=O) groups is 1. The lowest BCUT2D eigenvalue weighted by molar-refractivity contribution is -0.129. The highest BCUT2D eigenvalue weighted by molar-refractivity contribution is 5.80. The van der Waals surface area contributed by atoms with Crippen LogP contribution in [-0.4, -0.2) is 46.7 Å². The number of carbonyl (C=O) groups excluding carboxylic acids is 1. The molecule has 0 saturated carbocycles. The van der Waals surface area contributed by atoms with Crippen molar-refractivity contribution in [1.82, 2.24) is 14.5 Å². The van der Waals surface area contributed by atoms with Crippen molar-refractivity contribution in [3.05, 3.63) is 18.2 Å². The molecule has 106 valence electrons. The predicted octanol–water partition coefficient (Wildman–Crippen LogP) is 0.540. The van der Waals surface area contributed by atoms with E-state index < -0.39 is 0 Å². The van der Waals surface area contributed by atoms with Crippen molar-refractivity contribution in [2.75, 3.05) is 20.3 Å². The Balaban J connectivity index is 2.23. The molecule has 0 spiro atoms. The van der Waals surface area contributed by atoms with Gasteiger partial charge in [-0.15, -0.1) is 0 Å². The molecule has 2 heterocycles. The molecule has 2 rings (SSSR count). The third kappa shape index (κ3) is 2.79. The van der Waals surface area contributed by atoms with Gasteiger partial charge in [-0.3, -0.25) is 4.79 Å². The molecule has 0 aliphatic carbocycles. The van der Waals surface area contributed by atoms with Gasteiger partial charge in [0.25, 0.3) is 0 Å². The van der Waals surface area contributed by atoms with Crippen molar-refractivity contribution in [3.63, 3.8) is 0 Å². The maximum atomic E-state index is 12.0. The lowest BCUT2D eigenvalue weighted by atomic mass is 10.1. The topological polar surface area (TPSA) is 73.4 Å². The van der Waals surface area contributed by atoms with Crippen LogP contribution in [0.3, 0.4) is 0 Å². The second-order valence-corrected chi connectivity index (χ2v) is 4.90. The number of nitrogens with zero attached hydrogens (tertiary/aromatic N) is 3. The minimum absolute atomic E-state index is 0.0864. The Morgan fingerprint density at radius 3 is 3.00 bits per heavy atom. The van der Waals surface area contributed by atoms with Crippen molar-refractivity contribution in [1.29, 1.82) is 0 Å². The van der Waals surface area contributed by atoms with Gasteiger partial charge in [-0.2, -0.15) is 0 Å². The average Bonchev–Trinajstić information content (AvgIpc) is 2.92. The molecule has 19 heavy (non-hydrogen) atoms. The number of nitrogens with two attached hydrogens (primary N) is 1. The number of likely N-dealkylation sites (tertiary alicyclic amines) is 1. The maximum Gasteiger partial charge on any atom is 0.224 e. The smallest absolute Gasteiger partial charge is 0.224 e. The lowest BCUT2D eigenvalue weighted by Crippen LogP contribution is -2.36. The Morgan fingerprint density at radius 1 is 1.53 bits per heavy atom. The Bertz CT molecular complexity index is 432. The monoisotopic (exact) mass is 266 g/mol. The molecule has 0 radical (unpaired) electrons. The highest BCUT2D eigenvalue weighted by Gasteiger charge is 2.39. The van der Waals surface area contributed by atoms with E-state index in [1.807, 2.05) is 17.4 Å². The van der Waals surface area contributed by atoms with E-state index >= 15 is 0 Å². The fraction of sp³-hybridized carbons (Fsp3) is 0.692. The molecule has 1 aliphatic heterocycles. The zero-order chi connectivity index (χ0) is 13.8. The van der Waals surface area contributed by atoms with Crippen molar-refractivity contribution in [3.8, 4) is 0 Å². The number of aromatic nitrogens is 2. The van der Waals surface area contributed by atoms with Crippen LogP contribution < -0.4 is 5.73 Å². The second-order valence-electron chi connectivity index (χ2n) is 4.90. The SMILES string of the molecule is CCCn1cncc1C1C(N)CC(=O)N1CCOC. The minimum Gasteiger partial charge on any atom is -0.383 e. The van der Waals surface area contributed by atoms with E-state index in [9.17, 15) is 4.79 Å². The van der Waals surface area contributed by atoms with Crippen molar-refractivity contribution >= 4 is 5.91 Å². The number of amides is 1. The van der Waals surface area contributed by atoms with Gasteiger partial charge in [-0.05, 0) is 6.42 Å². The molecule has 0 aromatic carbocycles. The second kappa shape index (κ2) is 6.16. The van der Waals surface area contributed by atoms with Crippen LogP contribution in [0.5, 0.6) is 0 Å². The highest BCUT2D eigenvalue weighted by atomic mass is 16.5. The fourth-order valence-corrected chi connectivity index (χ4v) is 2.65.